The van der Waals surface area contributed by atoms with Crippen molar-refractivity contribution in [2.24, 2.45) is 0 Å². The quantitative estimate of drug-likeness (QED) is 0.906. The Morgan fingerprint density at radius 3 is 2.83 bits per heavy atom. The Morgan fingerprint density at radius 1 is 1.39 bits per heavy atom. The molecule has 2 N–H and O–H groups in total. The highest BCUT2D eigenvalue weighted by molar-refractivity contribution is 7.16. The second kappa shape index (κ2) is 5.42. The number of hydrogen-bond donors (Lipinski definition) is 2. The van der Waals surface area contributed by atoms with Gasteiger partial charge >= 0.3 is 0 Å². The molecule has 2 rings (SSSR count). The van der Waals surface area contributed by atoms with E-state index in [9.17, 15) is 9.90 Å². The molecule has 1 aromatic carbocycles. The molecule has 5 heteroatoms. The van der Waals surface area contributed by atoms with Gasteiger partial charge in [-0.1, -0.05) is 17.7 Å². The van der Waals surface area contributed by atoms with E-state index in [0.29, 0.717) is 22.0 Å². The molecule has 0 saturated heterocycles. The molecule has 0 aliphatic heterocycles. The van der Waals surface area contributed by atoms with Crippen LogP contribution in [0.1, 0.15) is 20.8 Å². The predicted octanol–water partition coefficient (Wildman–Crippen LogP) is 3.35. The van der Waals surface area contributed by atoms with E-state index in [2.05, 4.69) is 5.32 Å². The van der Waals surface area contributed by atoms with E-state index in [1.165, 1.54) is 11.3 Å². The number of amides is 1. The van der Waals surface area contributed by atoms with Crippen molar-refractivity contribution in [1.29, 1.82) is 0 Å². The van der Waals surface area contributed by atoms with Crippen LogP contribution in [0.3, 0.4) is 0 Å². The fraction of sp³-hybridized carbons (Fsp3) is 0.154. The summed E-state index contributed by atoms with van der Waals surface area (Å²) in [5.74, 6) is -0.0743. The Hall–Kier alpha value is -1.52. The third kappa shape index (κ3) is 2.83. The van der Waals surface area contributed by atoms with Gasteiger partial charge in [0.1, 0.15) is 5.75 Å². The van der Waals surface area contributed by atoms with Gasteiger partial charge in [-0.15, -0.1) is 11.3 Å². The van der Waals surface area contributed by atoms with Crippen molar-refractivity contribution in [2.75, 3.05) is 0 Å². The Balaban J connectivity index is 2.06. The molecule has 0 fully saturated rings. The van der Waals surface area contributed by atoms with Gasteiger partial charge in [-0.05, 0) is 31.2 Å². The third-order valence-electron chi connectivity index (χ3n) is 2.60. The zero-order chi connectivity index (χ0) is 13.1. The maximum Gasteiger partial charge on any atom is 0.251 e. The van der Waals surface area contributed by atoms with Crippen molar-refractivity contribution in [3.8, 4) is 5.75 Å². The van der Waals surface area contributed by atoms with Gasteiger partial charge in [-0.2, -0.15) is 0 Å². The van der Waals surface area contributed by atoms with Crippen LogP contribution >= 0.6 is 22.9 Å². The first kappa shape index (κ1) is 12.9. The lowest BCUT2D eigenvalue weighted by Crippen LogP contribution is -2.23. The van der Waals surface area contributed by atoms with Crippen LogP contribution in [0.2, 0.25) is 4.34 Å². The summed E-state index contributed by atoms with van der Waals surface area (Å²) in [6.07, 6.45) is 0. The zero-order valence-electron chi connectivity index (χ0n) is 9.74. The molecule has 0 aliphatic rings. The molecule has 0 atom stereocenters. The highest BCUT2D eigenvalue weighted by Crippen LogP contribution is 2.22. The minimum atomic E-state index is -0.201. The first-order valence-corrected chi connectivity index (χ1v) is 6.58. The second-order valence-corrected chi connectivity index (χ2v) is 5.64. The van der Waals surface area contributed by atoms with Crippen molar-refractivity contribution >= 4 is 28.8 Å². The van der Waals surface area contributed by atoms with Crippen LogP contribution in [-0.2, 0) is 6.54 Å². The lowest BCUT2D eigenvalue weighted by Gasteiger charge is -2.07. The first-order chi connectivity index (χ1) is 8.58. The molecule has 0 saturated carbocycles. The number of thiophene rings is 1. The summed E-state index contributed by atoms with van der Waals surface area (Å²) < 4.78 is 0.702. The number of rotatable bonds is 3. The van der Waals surface area contributed by atoms with Crippen LogP contribution < -0.4 is 5.32 Å². The van der Waals surface area contributed by atoms with E-state index in [0.717, 1.165) is 4.88 Å². The summed E-state index contributed by atoms with van der Waals surface area (Å²) in [6.45, 7) is 2.15. The van der Waals surface area contributed by atoms with Crippen molar-refractivity contribution in [1.82, 2.24) is 5.32 Å². The number of halogens is 1. The maximum atomic E-state index is 11.9. The van der Waals surface area contributed by atoms with Crippen molar-refractivity contribution in [2.45, 2.75) is 13.5 Å². The number of phenols is 1. The fourth-order valence-corrected chi connectivity index (χ4v) is 2.61. The minimum absolute atomic E-state index is 0.127. The Bertz CT molecular complexity index is 580. The van der Waals surface area contributed by atoms with E-state index in [-0.39, 0.29) is 11.7 Å². The summed E-state index contributed by atoms with van der Waals surface area (Å²) in [5, 5.41) is 12.3. The van der Waals surface area contributed by atoms with Gasteiger partial charge in [0.2, 0.25) is 0 Å². The van der Waals surface area contributed by atoms with Crippen LogP contribution in [0.5, 0.6) is 5.75 Å². The van der Waals surface area contributed by atoms with E-state index in [1.807, 2.05) is 6.07 Å². The molecule has 94 valence electrons. The molecular weight excluding hydrogens is 270 g/mol. The molecule has 1 heterocycles. The molecule has 18 heavy (non-hydrogen) atoms. The number of carbonyl (C=O) groups excluding carboxylic acids is 1. The number of aromatic hydroxyl groups is 1. The normalized spacial score (nSPS) is 10.3. The predicted molar refractivity (Wildman–Crippen MR) is 73.3 cm³/mol. The summed E-state index contributed by atoms with van der Waals surface area (Å²) >= 11 is 7.25. The summed E-state index contributed by atoms with van der Waals surface area (Å²) in [7, 11) is 0. The van der Waals surface area contributed by atoms with Crippen molar-refractivity contribution < 1.29 is 9.90 Å². The SMILES string of the molecule is Cc1c(O)cccc1C(=O)NCc1ccc(Cl)s1. The highest BCUT2D eigenvalue weighted by Gasteiger charge is 2.11. The smallest absolute Gasteiger partial charge is 0.251 e. The largest absolute Gasteiger partial charge is 0.508 e. The first-order valence-electron chi connectivity index (χ1n) is 5.39. The van der Waals surface area contributed by atoms with Gasteiger partial charge < -0.3 is 10.4 Å². The molecule has 0 spiro atoms. The average molecular weight is 282 g/mol. The van der Waals surface area contributed by atoms with Gasteiger partial charge in [0.25, 0.3) is 5.91 Å². The molecule has 1 aromatic heterocycles. The molecular formula is C13H12ClNO2S. The molecule has 0 aliphatic carbocycles. The molecule has 1 amide bonds. The number of nitrogens with one attached hydrogen (secondary N) is 1. The Labute approximate surface area is 114 Å². The topological polar surface area (TPSA) is 49.3 Å². The average Bonchev–Trinajstić information content (AvgIpc) is 2.76. The lowest BCUT2D eigenvalue weighted by atomic mass is 10.1. The van der Waals surface area contributed by atoms with Crippen molar-refractivity contribution in [3.63, 3.8) is 0 Å². The number of carbonyl (C=O) groups is 1. The van der Waals surface area contributed by atoms with E-state index in [4.69, 9.17) is 11.6 Å². The van der Waals surface area contributed by atoms with Crippen LogP contribution in [0, 0.1) is 6.92 Å². The summed E-state index contributed by atoms with van der Waals surface area (Å²) in [6, 6.07) is 8.58. The molecule has 2 aromatic rings. The summed E-state index contributed by atoms with van der Waals surface area (Å²) in [5.41, 5.74) is 1.07. The van der Waals surface area contributed by atoms with E-state index < -0.39 is 0 Å². The molecule has 0 unspecified atom stereocenters. The second-order valence-electron chi connectivity index (χ2n) is 3.84. The van der Waals surface area contributed by atoms with Gasteiger partial charge in [0.15, 0.2) is 0 Å². The highest BCUT2D eigenvalue weighted by atomic mass is 35.5. The minimum Gasteiger partial charge on any atom is -0.508 e. The van der Waals surface area contributed by atoms with Crippen LogP contribution in [0.25, 0.3) is 0 Å². The van der Waals surface area contributed by atoms with Crippen LogP contribution in [0.15, 0.2) is 30.3 Å². The van der Waals surface area contributed by atoms with Gasteiger partial charge in [0.05, 0.1) is 10.9 Å². The van der Waals surface area contributed by atoms with E-state index >= 15 is 0 Å². The van der Waals surface area contributed by atoms with Gasteiger partial charge in [-0.25, -0.2) is 0 Å². The number of phenolic OH excluding ortho intramolecular Hbond substituents is 1. The number of benzene rings is 1. The monoisotopic (exact) mass is 281 g/mol. The Kier molecular flexibility index (Phi) is 3.89. The van der Waals surface area contributed by atoms with Crippen LogP contribution in [-0.4, -0.2) is 11.0 Å². The standard InChI is InChI=1S/C13H12ClNO2S/c1-8-10(3-2-4-11(8)16)13(17)15-7-9-5-6-12(14)18-9/h2-6,16H,7H2,1H3,(H,15,17). The molecule has 3 nitrogen and oxygen atoms in total. The van der Waals surface area contributed by atoms with Crippen LogP contribution in [0.4, 0.5) is 0 Å². The van der Waals surface area contributed by atoms with Gasteiger partial charge in [0, 0.05) is 16.0 Å². The van der Waals surface area contributed by atoms with Crippen molar-refractivity contribution in [3.05, 3.63) is 50.7 Å². The maximum absolute atomic E-state index is 11.9. The van der Waals surface area contributed by atoms with E-state index in [1.54, 1.807) is 31.2 Å². The molecule has 0 radical (unpaired) electrons. The summed E-state index contributed by atoms with van der Waals surface area (Å²) in [4.78, 5) is 12.9. The third-order valence-corrected chi connectivity index (χ3v) is 3.83. The molecule has 0 bridgehead atoms. The fourth-order valence-electron chi connectivity index (χ4n) is 1.58. The number of hydrogen-bond acceptors (Lipinski definition) is 3. The zero-order valence-corrected chi connectivity index (χ0v) is 11.3. The lowest BCUT2D eigenvalue weighted by molar-refractivity contribution is 0.0950. The Morgan fingerprint density at radius 2 is 2.17 bits per heavy atom. The van der Waals surface area contributed by atoms with Gasteiger partial charge in [-0.3, -0.25) is 4.79 Å².